The number of β-amino-alcohol motifs (C(OH)–C–C–N with tert-alkyl or cyclic N) is 1. The smallest absolute Gasteiger partial charge is 0.119 e. The molecule has 1 aromatic carbocycles. The largest absolute Gasteiger partial charge is 0.491 e. The van der Waals surface area contributed by atoms with Crippen molar-refractivity contribution in [2.24, 2.45) is 0 Å². The number of nitrogens with one attached hydrogen (secondary N) is 1. The zero-order valence-electron chi connectivity index (χ0n) is 12.6. The van der Waals surface area contributed by atoms with Gasteiger partial charge in [0.1, 0.15) is 18.5 Å². The van der Waals surface area contributed by atoms with Crippen LogP contribution in [0.25, 0.3) is 0 Å². The second-order valence-electron chi connectivity index (χ2n) is 5.69. The fourth-order valence-electron chi connectivity index (χ4n) is 2.64. The lowest BCUT2D eigenvalue weighted by Gasteiger charge is -2.23. The summed E-state index contributed by atoms with van der Waals surface area (Å²) in [7, 11) is 0. The number of ether oxygens (including phenoxy) is 1. The lowest BCUT2D eigenvalue weighted by Crippen LogP contribution is -2.37. The van der Waals surface area contributed by atoms with E-state index in [1.165, 1.54) is 11.1 Å². The van der Waals surface area contributed by atoms with E-state index in [0.717, 1.165) is 38.3 Å². The highest BCUT2D eigenvalue weighted by molar-refractivity contribution is 5.32. The van der Waals surface area contributed by atoms with Crippen LogP contribution in [0.2, 0.25) is 0 Å². The first-order chi connectivity index (χ1) is 9.63. The van der Waals surface area contributed by atoms with E-state index < -0.39 is 6.10 Å². The summed E-state index contributed by atoms with van der Waals surface area (Å²) in [6.07, 6.45) is 0.707. The Hall–Kier alpha value is -1.10. The Labute approximate surface area is 121 Å². The zero-order chi connectivity index (χ0) is 14.4. The summed E-state index contributed by atoms with van der Waals surface area (Å²) in [5.41, 5.74) is 2.38. The first-order valence-corrected chi connectivity index (χ1v) is 7.46. The molecule has 1 aromatic rings. The fourth-order valence-corrected chi connectivity index (χ4v) is 2.64. The van der Waals surface area contributed by atoms with Gasteiger partial charge in [-0.1, -0.05) is 6.07 Å². The molecule has 0 spiro atoms. The average Bonchev–Trinajstić information content (AvgIpc) is 2.64. The molecule has 0 unspecified atom stereocenters. The van der Waals surface area contributed by atoms with Crippen molar-refractivity contribution in [3.63, 3.8) is 0 Å². The van der Waals surface area contributed by atoms with Crippen molar-refractivity contribution in [3.05, 3.63) is 29.3 Å². The predicted molar refractivity (Wildman–Crippen MR) is 81.3 cm³/mol. The maximum atomic E-state index is 10.1. The number of hydrogen-bond acceptors (Lipinski definition) is 4. The van der Waals surface area contributed by atoms with E-state index in [1.807, 2.05) is 12.1 Å². The van der Waals surface area contributed by atoms with Gasteiger partial charge in [0.2, 0.25) is 0 Å². The summed E-state index contributed by atoms with van der Waals surface area (Å²) in [6, 6.07) is 6.14. The van der Waals surface area contributed by atoms with Gasteiger partial charge in [-0.2, -0.15) is 0 Å². The normalized spacial score (nSPS) is 18.6. The Morgan fingerprint density at radius 3 is 2.70 bits per heavy atom. The summed E-state index contributed by atoms with van der Waals surface area (Å²) in [4.78, 5) is 2.30. The Morgan fingerprint density at radius 1 is 1.20 bits per heavy atom. The van der Waals surface area contributed by atoms with Crippen molar-refractivity contribution in [3.8, 4) is 5.75 Å². The molecule has 1 saturated heterocycles. The molecule has 0 aromatic heterocycles. The van der Waals surface area contributed by atoms with Crippen LogP contribution in [0.5, 0.6) is 5.75 Å². The molecule has 4 nitrogen and oxygen atoms in total. The second-order valence-corrected chi connectivity index (χ2v) is 5.69. The molecule has 2 rings (SSSR count). The third kappa shape index (κ3) is 5.12. The monoisotopic (exact) mass is 278 g/mol. The molecule has 2 N–H and O–H groups in total. The summed E-state index contributed by atoms with van der Waals surface area (Å²) < 4.78 is 5.71. The number of hydrogen-bond donors (Lipinski definition) is 2. The van der Waals surface area contributed by atoms with Crippen molar-refractivity contribution in [2.45, 2.75) is 26.4 Å². The molecule has 20 heavy (non-hydrogen) atoms. The summed E-state index contributed by atoms with van der Waals surface area (Å²) in [5.74, 6) is 0.846. The van der Waals surface area contributed by atoms with Crippen molar-refractivity contribution in [2.75, 3.05) is 39.3 Å². The molecule has 0 aliphatic carbocycles. The van der Waals surface area contributed by atoms with Gasteiger partial charge in [0.25, 0.3) is 0 Å². The number of aliphatic hydroxyl groups is 1. The average molecular weight is 278 g/mol. The number of aryl methyl sites for hydroxylation is 2. The third-order valence-corrected chi connectivity index (χ3v) is 3.54. The van der Waals surface area contributed by atoms with Crippen LogP contribution in [-0.2, 0) is 0 Å². The van der Waals surface area contributed by atoms with Gasteiger partial charge in [0.05, 0.1) is 0 Å². The van der Waals surface area contributed by atoms with E-state index in [1.54, 1.807) is 0 Å². The third-order valence-electron chi connectivity index (χ3n) is 3.54. The first kappa shape index (κ1) is 15.3. The van der Waals surface area contributed by atoms with Crippen molar-refractivity contribution in [1.82, 2.24) is 10.2 Å². The van der Waals surface area contributed by atoms with Gasteiger partial charge < -0.3 is 15.2 Å². The van der Waals surface area contributed by atoms with E-state index in [-0.39, 0.29) is 0 Å². The Morgan fingerprint density at radius 2 is 1.95 bits per heavy atom. The highest BCUT2D eigenvalue weighted by atomic mass is 16.5. The number of rotatable bonds is 5. The number of benzene rings is 1. The molecule has 112 valence electrons. The molecule has 1 aliphatic rings. The van der Waals surface area contributed by atoms with Crippen LogP contribution in [0.4, 0.5) is 0 Å². The van der Waals surface area contributed by atoms with Crippen LogP contribution in [0.15, 0.2) is 18.2 Å². The minimum Gasteiger partial charge on any atom is -0.491 e. The van der Waals surface area contributed by atoms with E-state index >= 15 is 0 Å². The van der Waals surface area contributed by atoms with Gasteiger partial charge in [0, 0.05) is 19.6 Å². The molecular weight excluding hydrogens is 252 g/mol. The van der Waals surface area contributed by atoms with Crippen molar-refractivity contribution < 1.29 is 9.84 Å². The predicted octanol–water partition coefficient (Wildman–Crippen LogP) is 1.34. The molecule has 0 bridgehead atoms. The van der Waals surface area contributed by atoms with Gasteiger partial charge in [-0.3, -0.25) is 4.90 Å². The van der Waals surface area contributed by atoms with Gasteiger partial charge >= 0.3 is 0 Å². The Kier molecular flexibility index (Phi) is 5.83. The van der Waals surface area contributed by atoms with Crippen LogP contribution >= 0.6 is 0 Å². The summed E-state index contributed by atoms with van der Waals surface area (Å²) in [6.45, 7) is 9.28. The Bertz CT molecular complexity index is 395. The molecule has 1 atom stereocenters. The van der Waals surface area contributed by atoms with E-state index in [4.69, 9.17) is 4.74 Å². The first-order valence-electron chi connectivity index (χ1n) is 7.46. The lowest BCUT2D eigenvalue weighted by molar-refractivity contribution is 0.0703. The molecule has 1 heterocycles. The molecule has 1 aliphatic heterocycles. The van der Waals surface area contributed by atoms with Crippen molar-refractivity contribution in [1.29, 1.82) is 0 Å². The van der Waals surface area contributed by atoms with E-state index in [9.17, 15) is 5.11 Å². The molecule has 0 radical (unpaired) electrons. The second kappa shape index (κ2) is 7.62. The van der Waals surface area contributed by atoms with Crippen LogP contribution < -0.4 is 10.1 Å². The van der Waals surface area contributed by atoms with Crippen LogP contribution in [0, 0.1) is 13.8 Å². The molecule has 0 saturated carbocycles. The highest BCUT2D eigenvalue weighted by Gasteiger charge is 2.14. The van der Waals surface area contributed by atoms with E-state index in [2.05, 4.69) is 30.1 Å². The number of aliphatic hydroxyl groups excluding tert-OH is 1. The van der Waals surface area contributed by atoms with Gasteiger partial charge in [-0.15, -0.1) is 0 Å². The lowest BCUT2D eigenvalue weighted by atomic mass is 10.1. The molecule has 4 heteroatoms. The fraction of sp³-hybridized carbons (Fsp3) is 0.625. The van der Waals surface area contributed by atoms with Gasteiger partial charge in [-0.25, -0.2) is 0 Å². The van der Waals surface area contributed by atoms with Crippen molar-refractivity contribution >= 4 is 0 Å². The van der Waals surface area contributed by atoms with Gasteiger partial charge in [0.15, 0.2) is 0 Å². The van der Waals surface area contributed by atoms with Crippen LogP contribution in [0.3, 0.4) is 0 Å². The van der Waals surface area contributed by atoms with Crippen LogP contribution in [-0.4, -0.2) is 55.4 Å². The molecular formula is C16H26N2O2. The van der Waals surface area contributed by atoms with Gasteiger partial charge in [-0.05, 0) is 56.6 Å². The minimum absolute atomic E-state index is 0.354. The summed E-state index contributed by atoms with van der Waals surface area (Å²) in [5, 5.41) is 13.5. The summed E-state index contributed by atoms with van der Waals surface area (Å²) >= 11 is 0. The Balaban J connectivity index is 1.77. The van der Waals surface area contributed by atoms with Crippen LogP contribution in [0.1, 0.15) is 17.5 Å². The maximum Gasteiger partial charge on any atom is 0.119 e. The SMILES string of the molecule is Cc1cc(C)cc(OC[C@H](O)CN2CCCNCC2)c1. The molecule has 1 fully saturated rings. The molecule has 0 amide bonds. The topological polar surface area (TPSA) is 44.7 Å². The van der Waals surface area contributed by atoms with E-state index in [0.29, 0.717) is 13.2 Å². The highest BCUT2D eigenvalue weighted by Crippen LogP contribution is 2.16. The quantitative estimate of drug-likeness (QED) is 0.853. The zero-order valence-corrected chi connectivity index (χ0v) is 12.6. The maximum absolute atomic E-state index is 10.1. The number of nitrogens with zero attached hydrogens (tertiary/aromatic N) is 1. The standard InChI is InChI=1S/C16H26N2O2/c1-13-8-14(2)10-16(9-13)20-12-15(19)11-18-6-3-4-17-5-7-18/h8-10,15,17,19H,3-7,11-12H2,1-2H3/t15-/m1/s1. The minimum atomic E-state index is -0.436.